The molecule has 0 spiro atoms. The van der Waals surface area contributed by atoms with Crippen molar-refractivity contribution in [3.05, 3.63) is 23.8 Å². The summed E-state index contributed by atoms with van der Waals surface area (Å²) in [5, 5.41) is 14.0. The topological polar surface area (TPSA) is 116 Å². The van der Waals surface area contributed by atoms with E-state index in [1.165, 1.54) is 20.2 Å². The van der Waals surface area contributed by atoms with Crippen LogP contribution in [0.5, 0.6) is 0 Å². The highest BCUT2D eigenvalue weighted by molar-refractivity contribution is 7.89. The molecule has 4 saturated carbocycles. The Morgan fingerprint density at radius 1 is 1.21 bits per heavy atom. The van der Waals surface area contributed by atoms with Crippen molar-refractivity contribution >= 4 is 27.6 Å². The van der Waals surface area contributed by atoms with E-state index in [2.05, 4.69) is 10.1 Å². The molecule has 0 radical (unpaired) electrons. The molecular weight excluding hydrogens is 458 g/mol. The van der Waals surface area contributed by atoms with Crippen LogP contribution >= 0.6 is 0 Å². The summed E-state index contributed by atoms with van der Waals surface area (Å²) in [7, 11) is 0.0271. The number of esters is 1. The van der Waals surface area contributed by atoms with Crippen molar-refractivity contribution in [2.45, 2.75) is 61.5 Å². The number of carbonyl (C=O) groups is 2. The van der Waals surface area contributed by atoms with E-state index in [1.807, 2.05) is 11.8 Å². The molecule has 2 atom stereocenters. The molecule has 1 aromatic carbocycles. The second-order valence-corrected chi connectivity index (χ2v) is 12.3. The molecule has 4 aliphatic carbocycles. The Kier molecular flexibility index (Phi) is 6.46. The quantitative estimate of drug-likeness (QED) is 0.533. The Morgan fingerprint density at radius 3 is 2.38 bits per heavy atom. The monoisotopic (exact) mass is 493 g/mol. The van der Waals surface area contributed by atoms with E-state index in [9.17, 15) is 23.1 Å². The van der Waals surface area contributed by atoms with Crippen LogP contribution in [-0.4, -0.2) is 80.0 Å². The summed E-state index contributed by atoms with van der Waals surface area (Å²) in [6.45, 7) is 1.97. The number of amides is 1. The van der Waals surface area contributed by atoms with E-state index in [4.69, 9.17) is 0 Å². The number of carbonyl (C=O) groups excluding carboxylic acids is 2. The molecule has 9 nitrogen and oxygen atoms in total. The van der Waals surface area contributed by atoms with Gasteiger partial charge in [0.2, 0.25) is 10.0 Å². The zero-order chi connectivity index (χ0) is 24.9. The Hall–Kier alpha value is -2.17. The third-order valence-corrected chi connectivity index (χ3v) is 9.74. The van der Waals surface area contributed by atoms with Gasteiger partial charge >= 0.3 is 5.97 Å². The van der Waals surface area contributed by atoms with Crippen LogP contribution < -0.4 is 5.32 Å². The number of methoxy groups -OCH3 is 1. The van der Waals surface area contributed by atoms with Crippen LogP contribution in [0.2, 0.25) is 0 Å². The number of nitrogens with zero attached hydrogens (tertiary/aromatic N) is 2. The molecule has 4 aliphatic rings. The zero-order valence-electron chi connectivity index (χ0n) is 20.3. The molecule has 34 heavy (non-hydrogen) atoms. The SMILES string of the molecule is CCN(C(=O)c1ccc(NC)c(S(=O)(=O)N(C)CC(=O)OC)c1)C12CC3CC(CC(O)(C3)C1)C2. The highest BCUT2D eigenvalue weighted by Gasteiger charge is 2.59. The average Bonchev–Trinajstić information content (AvgIpc) is 2.76. The maximum Gasteiger partial charge on any atom is 0.321 e. The number of benzene rings is 1. The van der Waals surface area contributed by atoms with Crippen LogP contribution in [0, 0.1) is 11.8 Å². The molecular formula is C24H35N3O6S. The van der Waals surface area contributed by atoms with Crippen molar-refractivity contribution < 1.29 is 27.9 Å². The summed E-state index contributed by atoms with van der Waals surface area (Å²) in [4.78, 5) is 27.3. The van der Waals surface area contributed by atoms with Crippen LogP contribution in [0.3, 0.4) is 0 Å². The van der Waals surface area contributed by atoms with Gasteiger partial charge in [-0.2, -0.15) is 4.31 Å². The number of likely N-dealkylation sites (N-methyl/N-ethyl adjacent to an activating group) is 1. The molecule has 2 unspecified atom stereocenters. The molecule has 5 rings (SSSR count). The largest absolute Gasteiger partial charge is 0.468 e. The van der Waals surface area contributed by atoms with Gasteiger partial charge in [-0.15, -0.1) is 0 Å². The summed E-state index contributed by atoms with van der Waals surface area (Å²) in [6, 6.07) is 4.59. The van der Waals surface area contributed by atoms with Gasteiger partial charge in [0, 0.05) is 31.7 Å². The maximum atomic E-state index is 13.8. The lowest BCUT2D eigenvalue weighted by Gasteiger charge is -2.63. The fourth-order valence-corrected chi connectivity index (χ4v) is 8.24. The van der Waals surface area contributed by atoms with Crippen LogP contribution in [0.25, 0.3) is 0 Å². The number of sulfonamides is 1. The first-order chi connectivity index (χ1) is 16.0. The Bertz CT molecular complexity index is 1070. The highest BCUT2D eigenvalue weighted by Crippen LogP contribution is 2.59. The molecule has 0 heterocycles. The number of ether oxygens (including phenoxy) is 1. The number of anilines is 1. The predicted molar refractivity (Wildman–Crippen MR) is 127 cm³/mol. The van der Waals surface area contributed by atoms with Crippen molar-refractivity contribution in [1.29, 1.82) is 0 Å². The predicted octanol–water partition coefficient (Wildman–Crippen LogP) is 2.07. The first-order valence-corrected chi connectivity index (χ1v) is 13.3. The Morgan fingerprint density at radius 2 is 1.85 bits per heavy atom. The average molecular weight is 494 g/mol. The van der Waals surface area contributed by atoms with Crippen molar-refractivity contribution in [3.63, 3.8) is 0 Å². The van der Waals surface area contributed by atoms with Crippen molar-refractivity contribution in [2.75, 3.05) is 39.6 Å². The van der Waals surface area contributed by atoms with Gasteiger partial charge in [0.05, 0.1) is 18.4 Å². The third kappa shape index (κ3) is 4.20. The molecule has 1 amide bonds. The fraction of sp³-hybridized carbons (Fsp3) is 0.667. The maximum absolute atomic E-state index is 13.8. The molecule has 1 aromatic rings. The lowest BCUT2D eigenvalue weighted by molar-refractivity contribution is -0.166. The van der Waals surface area contributed by atoms with Gasteiger partial charge in [0.25, 0.3) is 5.91 Å². The van der Waals surface area contributed by atoms with Crippen LogP contribution in [0.4, 0.5) is 5.69 Å². The van der Waals surface area contributed by atoms with Crippen molar-refractivity contribution in [2.24, 2.45) is 11.8 Å². The lowest BCUT2D eigenvalue weighted by atomic mass is 9.50. The van der Waals surface area contributed by atoms with Gasteiger partial charge < -0.3 is 20.1 Å². The number of rotatable bonds is 8. The standard InChI is InChI=1S/C24H35N3O6S/c1-5-27(23-10-16-8-17(11-23)13-24(30,12-16)15-23)22(29)18-6-7-19(25-2)20(9-18)34(31,32)26(3)14-21(28)33-4/h6-7,9,16-17,25,30H,5,8,10-15H2,1-4H3. The summed E-state index contributed by atoms with van der Waals surface area (Å²) >= 11 is 0. The van der Waals surface area contributed by atoms with Gasteiger partial charge in [-0.1, -0.05) is 0 Å². The first-order valence-electron chi connectivity index (χ1n) is 11.9. The first kappa shape index (κ1) is 24.9. The van der Waals surface area contributed by atoms with E-state index in [-0.39, 0.29) is 16.4 Å². The molecule has 10 heteroatoms. The summed E-state index contributed by atoms with van der Waals surface area (Å²) in [5.74, 6) is -0.0747. The van der Waals surface area contributed by atoms with Gasteiger partial charge in [-0.3, -0.25) is 9.59 Å². The smallest absolute Gasteiger partial charge is 0.321 e. The number of hydrogen-bond acceptors (Lipinski definition) is 7. The summed E-state index contributed by atoms with van der Waals surface area (Å²) < 4.78 is 32.0. The second-order valence-electron chi connectivity index (χ2n) is 10.3. The molecule has 4 bridgehead atoms. The van der Waals surface area contributed by atoms with Crippen molar-refractivity contribution in [1.82, 2.24) is 9.21 Å². The normalized spacial score (nSPS) is 29.8. The van der Waals surface area contributed by atoms with Crippen LogP contribution in [0.15, 0.2) is 23.1 Å². The second kappa shape index (κ2) is 8.80. The fourth-order valence-electron chi connectivity index (χ4n) is 6.91. The number of nitrogens with one attached hydrogen (secondary N) is 1. The van der Waals surface area contributed by atoms with Gasteiger partial charge in [0.15, 0.2) is 0 Å². The minimum absolute atomic E-state index is 0.0764. The van der Waals surface area contributed by atoms with Gasteiger partial charge in [-0.25, -0.2) is 8.42 Å². The molecule has 0 aliphatic heterocycles. The van der Waals surface area contributed by atoms with Crippen LogP contribution in [-0.2, 0) is 19.6 Å². The van der Waals surface area contributed by atoms with E-state index in [1.54, 1.807) is 19.2 Å². The number of aliphatic hydroxyl groups is 1. The Labute approximate surface area is 201 Å². The molecule has 188 valence electrons. The third-order valence-electron chi connectivity index (χ3n) is 7.90. The van der Waals surface area contributed by atoms with Crippen LogP contribution in [0.1, 0.15) is 55.8 Å². The van der Waals surface area contributed by atoms with E-state index >= 15 is 0 Å². The Balaban J connectivity index is 1.68. The van der Waals surface area contributed by atoms with E-state index in [0.717, 1.165) is 36.4 Å². The minimum atomic E-state index is -4.07. The molecule has 2 N–H and O–H groups in total. The highest BCUT2D eigenvalue weighted by atomic mass is 32.2. The lowest BCUT2D eigenvalue weighted by Crippen LogP contribution is -2.66. The molecule has 0 saturated heterocycles. The molecule has 0 aromatic heterocycles. The van der Waals surface area contributed by atoms with Crippen molar-refractivity contribution in [3.8, 4) is 0 Å². The zero-order valence-corrected chi connectivity index (χ0v) is 21.2. The minimum Gasteiger partial charge on any atom is -0.468 e. The van der Waals surface area contributed by atoms with E-state index < -0.39 is 33.7 Å². The summed E-state index contributed by atoms with van der Waals surface area (Å²) in [5.41, 5.74) is -0.500. The van der Waals surface area contributed by atoms with Gasteiger partial charge in [0.1, 0.15) is 11.4 Å². The summed E-state index contributed by atoms with van der Waals surface area (Å²) in [6.07, 6.45) is 5.07. The van der Waals surface area contributed by atoms with Gasteiger partial charge in [-0.05, 0) is 75.5 Å². The van der Waals surface area contributed by atoms with E-state index in [0.29, 0.717) is 30.5 Å². The molecule has 4 fully saturated rings. The number of hydrogen-bond donors (Lipinski definition) is 2.